The summed E-state index contributed by atoms with van der Waals surface area (Å²) in [5, 5.41) is 5.04. The lowest BCUT2D eigenvalue weighted by molar-refractivity contribution is -0.125. The molecule has 0 unspecified atom stereocenters. The van der Waals surface area contributed by atoms with E-state index in [4.69, 9.17) is 5.73 Å². The molecule has 0 aliphatic rings. The van der Waals surface area contributed by atoms with Crippen molar-refractivity contribution < 1.29 is 18.0 Å². The van der Waals surface area contributed by atoms with Gasteiger partial charge in [0.05, 0.1) is 17.5 Å². The predicted molar refractivity (Wildman–Crippen MR) is 104 cm³/mol. The summed E-state index contributed by atoms with van der Waals surface area (Å²) in [6, 6.07) is 5.11. The summed E-state index contributed by atoms with van der Waals surface area (Å²) in [5.41, 5.74) is 6.12. The summed E-state index contributed by atoms with van der Waals surface area (Å²) in [7, 11) is -3.54. The first kappa shape index (κ1) is 24.3. The van der Waals surface area contributed by atoms with E-state index >= 15 is 0 Å². The van der Waals surface area contributed by atoms with Crippen LogP contribution in [0, 0.1) is 5.92 Å². The van der Waals surface area contributed by atoms with Crippen molar-refractivity contribution in [2.45, 2.75) is 38.1 Å². The number of rotatable bonds is 9. The molecule has 2 amide bonds. The first-order valence-electron chi connectivity index (χ1n) is 8.10. The van der Waals surface area contributed by atoms with E-state index in [1.807, 2.05) is 20.8 Å². The Morgan fingerprint density at radius 3 is 2.23 bits per heavy atom. The molecular weight excluding hydrogens is 380 g/mol. The fourth-order valence-electron chi connectivity index (χ4n) is 1.83. The van der Waals surface area contributed by atoms with Gasteiger partial charge in [0, 0.05) is 12.2 Å². The van der Waals surface area contributed by atoms with Gasteiger partial charge in [-0.2, -0.15) is 0 Å². The van der Waals surface area contributed by atoms with Crippen molar-refractivity contribution in [3.63, 3.8) is 0 Å². The number of nitrogens with one attached hydrogen (secondary N) is 3. The molecule has 8 nitrogen and oxygen atoms in total. The number of benzene rings is 1. The number of anilines is 1. The molecule has 0 bridgehead atoms. The predicted octanol–water partition coefficient (Wildman–Crippen LogP) is 0.835. The molecule has 1 aromatic rings. The molecule has 0 heterocycles. The van der Waals surface area contributed by atoms with Gasteiger partial charge < -0.3 is 16.4 Å². The Morgan fingerprint density at radius 1 is 1.15 bits per heavy atom. The summed E-state index contributed by atoms with van der Waals surface area (Å²) < 4.78 is 26.4. The molecule has 0 aliphatic carbocycles. The van der Waals surface area contributed by atoms with E-state index in [-0.39, 0.29) is 29.8 Å². The van der Waals surface area contributed by atoms with Gasteiger partial charge in [-0.3, -0.25) is 9.59 Å². The maximum absolute atomic E-state index is 12.0. The van der Waals surface area contributed by atoms with Gasteiger partial charge in [0.15, 0.2) is 0 Å². The molecule has 0 fully saturated rings. The number of hydrogen-bond donors (Lipinski definition) is 4. The summed E-state index contributed by atoms with van der Waals surface area (Å²) in [6.07, 6.45) is 0.694. The highest BCUT2D eigenvalue weighted by molar-refractivity contribution is 7.89. The number of amides is 2. The molecule has 0 saturated carbocycles. The van der Waals surface area contributed by atoms with Gasteiger partial charge in [0.2, 0.25) is 21.8 Å². The maximum Gasteiger partial charge on any atom is 0.243 e. The highest BCUT2D eigenvalue weighted by Crippen LogP contribution is 2.13. The fourth-order valence-corrected chi connectivity index (χ4v) is 2.96. The summed E-state index contributed by atoms with van der Waals surface area (Å²) >= 11 is 0. The second-order valence-corrected chi connectivity index (χ2v) is 7.72. The Morgan fingerprint density at radius 2 is 1.73 bits per heavy atom. The summed E-state index contributed by atoms with van der Waals surface area (Å²) in [6.45, 7) is 5.65. The van der Waals surface area contributed by atoms with Crippen molar-refractivity contribution in [2.75, 3.05) is 18.4 Å². The minimum absolute atomic E-state index is 0. The Kier molecular flexibility index (Phi) is 10.4. The third-order valence-electron chi connectivity index (χ3n) is 3.43. The second-order valence-electron chi connectivity index (χ2n) is 5.96. The van der Waals surface area contributed by atoms with Gasteiger partial charge >= 0.3 is 0 Å². The van der Waals surface area contributed by atoms with Gasteiger partial charge in [-0.05, 0) is 36.6 Å². The highest BCUT2D eigenvalue weighted by atomic mass is 35.5. The Labute approximate surface area is 160 Å². The van der Waals surface area contributed by atoms with E-state index in [1.165, 1.54) is 24.3 Å². The van der Waals surface area contributed by atoms with Crippen molar-refractivity contribution in [3.8, 4) is 0 Å². The van der Waals surface area contributed by atoms with E-state index in [1.54, 1.807) is 0 Å². The van der Waals surface area contributed by atoms with Crippen LogP contribution >= 0.6 is 12.4 Å². The van der Waals surface area contributed by atoms with Crippen LogP contribution in [0.15, 0.2) is 29.2 Å². The average Bonchev–Trinajstić information content (AvgIpc) is 2.57. The first-order chi connectivity index (χ1) is 11.7. The average molecular weight is 407 g/mol. The van der Waals surface area contributed by atoms with E-state index < -0.39 is 27.9 Å². The molecule has 1 atom stereocenters. The van der Waals surface area contributed by atoms with Crippen LogP contribution in [0.2, 0.25) is 0 Å². The van der Waals surface area contributed by atoms with Crippen LogP contribution in [0.4, 0.5) is 5.69 Å². The number of carbonyl (C=O) groups excluding carboxylic acids is 2. The van der Waals surface area contributed by atoms with E-state index in [9.17, 15) is 18.0 Å². The molecular formula is C16H27ClN4O4S. The van der Waals surface area contributed by atoms with Gasteiger partial charge in [0.1, 0.15) is 0 Å². The zero-order valence-electron chi connectivity index (χ0n) is 15.1. The molecule has 0 spiro atoms. The number of halogens is 1. The molecule has 26 heavy (non-hydrogen) atoms. The third kappa shape index (κ3) is 7.69. The zero-order valence-corrected chi connectivity index (χ0v) is 16.7. The van der Waals surface area contributed by atoms with Crippen molar-refractivity contribution in [1.29, 1.82) is 0 Å². The lowest BCUT2D eigenvalue weighted by Gasteiger charge is -2.15. The van der Waals surface area contributed by atoms with Crippen LogP contribution in [0.3, 0.4) is 0 Å². The van der Waals surface area contributed by atoms with Gasteiger partial charge in [-0.15, -0.1) is 12.4 Å². The number of sulfonamides is 1. The summed E-state index contributed by atoms with van der Waals surface area (Å²) in [4.78, 5) is 23.6. The lowest BCUT2D eigenvalue weighted by atomic mass is 10.1. The van der Waals surface area contributed by atoms with E-state index in [0.29, 0.717) is 18.7 Å². The standard InChI is InChI=1S/C16H26N4O4S.ClH/c1-4-9-19-25(23,24)13-7-5-12(6-8-13)20-14(21)10-18-16(22)15(17)11(2)3;/h5-8,11,15,19H,4,9-10,17H2,1-3H3,(H,18,22)(H,20,21);1H/t15-;/m0./s1. The Bertz CT molecular complexity index is 693. The van der Waals surface area contributed by atoms with E-state index in [0.717, 1.165) is 0 Å². The number of carbonyl (C=O) groups is 2. The third-order valence-corrected chi connectivity index (χ3v) is 4.91. The molecule has 0 aliphatic heterocycles. The van der Waals surface area contributed by atoms with Gasteiger partial charge in [-0.1, -0.05) is 20.8 Å². The van der Waals surface area contributed by atoms with Crippen molar-refractivity contribution in [3.05, 3.63) is 24.3 Å². The summed E-state index contributed by atoms with van der Waals surface area (Å²) in [5.74, 6) is -0.850. The quantitative estimate of drug-likeness (QED) is 0.482. The van der Waals surface area contributed by atoms with Crippen LogP contribution in [0.25, 0.3) is 0 Å². The van der Waals surface area contributed by atoms with Crippen LogP contribution < -0.4 is 21.1 Å². The monoisotopic (exact) mass is 406 g/mol. The first-order valence-corrected chi connectivity index (χ1v) is 9.58. The number of nitrogens with two attached hydrogens (primary N) is 1. The molecule has 10 heteroatoms. The second kappa shape index (κ2) is 11.1. The minimum atomic E-state index is -3.54. The fraction of sp³-hybridized carbons (Fsp3) is 0.500. The lowest BCUT2D eigenvalue weighted by Crippen LogP contribution is -2.46. The molecule has 0 saturated heterocycles. The Balaban J connectivity index is 0.00000625. The Hall–Kier alpha value is -1.68. The van der Waals surface area contributed by atoms with Crippen LogP contribution in [-0.4, -0.2) is 39.4 Å². The van der Waals surface area contributed by atoms with Gasteiger partial charge in [0.25, 0.3) is 0 Å². The topological polar surface area (TPSA) is 130 Å². The normalized spacial score (nSPS) is 12.2. The highest BCUT2D eigenvalue weighted by Gasteiger charge is 2.18. The molecule has 1 aromatic carbocycles. The molecule has 0 aromatic heterocycles. The minimum Gasteiger partial charge on any atom is -0.346 e. The van der Waals surface area contributed by atoms with Crippen LogP contribution in [0.1, 0.15) is 27.2 Å². The molecule has 1 rings (SSSR count). The smallest absolute Gasteiger partial charge is 0.243 e. The molecule has 148 valence electrons. The van der Waals surface area contributed by atoms with Crippen LogP contribution in [-0.2, 0) is 19.6 Å². The van der Waals surface area contributed by atoms with Crippen molar-refractivity contribution in [1.82, 2.24) is 10.0 Å². The molecule has 5 N–H and O–H groups in total. The SMILES string of the molecule is CCCNS(=O)(=O)c1ccc(NC(=O)CNC(=O)[C@@H](N)C(C)C)cc1.Cl. The molecule has 0 radical (unpaired) electrons. The largest absolute Gasteiger partial charge is 0.346 e. The maximum atomic E-state index is 12.0. The van der Waals surface area contributed by atoms with Crippen LogP contribution in [0.5, 0.6) is 0 Å². The number of hydrogen-bond acceptors (Lipinski definition) is 5. The van der Waals surface area contributed by atoms with Crippen molar-refractivity contribution in [2.24, 2.45) is 11.7 Å². The zero-order chi connectivity index (χ0) is 19.0. The van der Waals surface area contributed by atoms with E-state index in [2.05, 4.69) is 15.4 Å². The van der Waals surface area contributed by atoms with Gasteiger partial charge in [-0.25, -0.2) is 13.1 Å². The van der Waals surface area contributed by atoms with Crippen molar-refractivity contribution >= 4 is 39.9 Å².